The molecule has 2 atom stereocenters. The first-order chi connectivity index (χ1) is 36.3. The van der Waals surface area contributed by atoms with Crippen molar-refractivity contribution >= 4 is 42.0 Å². The second-order valence-electron chi connectivity index (χ2n) is 15.2. The molecule has 436 valence electrons. The zero-order valence-electron chi connectivity index (χ0n) is 46.2. The fourth-order valence-corrected chi connectivity index (χ4v) is 7.06. The summed E-state index contributed by atoms with van der Waals surface area (Å²) in [6, 6.07) is -1.08. The summed E-state index contributed by atoms with van der Waals surface area (Å²) in [5.41, 5.74) is 0. The number of hydrogen-bond donors (Lipinski definition) is 2. The van der Waals surface area contributed by atoms with E-state index in [9.17, 15) is 19.2 Å². The lowest BCUT2D eigenvalue weighted by Gasteiger charge is -2.28. The van der Waals surface area contributed by atoms with Crippen LogP contribution >= 0.6 is 0 Å². The van der Waals surface area contributed by atoms with E-state index in [1.807, 2.05) is 0 Å². The van der Waals surface area contributed by atoms with Crippen molar-refractivity contribution in [1.29, 1.82) is 0 Å². The van der Waals surface area contributed by atoms with Crippen LogP contribution in [0.1, 0.15) is 0 Å². The highest BCUT2D eigenvalue weighted by molar-refractivity contribution is 5.85. The van der Waals surface area contributed by atoms with Crippen LogP contribution < -0.4 is 25.3 Å². The third kappa shape index (κ3) is 20.4. The van der Waals surface area contributed by atoms with Crippen LogP contribution in [-0.4, -0.2) is 301 Å². The summed E-state index contributed by atoms with van der Waals surface area (Å²) < 4.78 is 81.2. The van der Waals surface area contributed by atoms with Crippen LogP contribution in [0.25, 0.3) is 0 Å². The zero-order chi connectivity index (χ0) is 56.3. The molecule has 0 radical (unpaired) electrons. The van der Waals surface area contributed by atoms with E-state index in [1.54, 1.807) is 57.4 Å². The number of carbonyl (C=O) groups excluding carboxylic acids is 4. The molecule has 3 aliphatic heterocycles. The fraction of sp³-hybridized carbons (Fsp3) is 0.829. The van der Waals surface area contributed by atoms with Crippen LogP contribution in [0.3, 0.4) is 0 Å². The quantitative estimate of drug-likeness (QED) is 0.0782. The van der Waals surface area contributed by atoms with Crippen molar-refractivity contribution in [3.05, 3.63) is 0 Å². The maximum atomic E-state index is 12.6. The highest BCUT2D eigenvalue weighted by Crippen LogP contribution is 2.35. The Balaban J connectivity index is 0.000000527. The van der Waals surface area contributed by atoms with E-state index < -0.39 is 24.8 Å². The van der Waals surface area contributed by atoms with E-state index in [0.29, 0.717) is 17.8 Å². The van der Waals surface area contributed by atoms with E-state index in [0.717, 1.165) is 0 Å². The molecular formula is C41H82N14O20. The molecule has 0 saturated carbocycles. The average molecular weight is 1090 g/mol. The molecule has 75 heavy (non-hydrogen) atoms. The molecule has 8 amide bonds. The minimum atomic E-state index is -0.523. The minimum Gasteiger partial charge on any atom is -0.364 e. The summed E-state index contributed by atoms with van der Waals surface area (Å²) in [4.78, 5) is 75.1. The largest absolute Gasteiger partial charge is 0.364 e. The molecule has 2 N–H and O–H groups in total. The van der Waals surface area contributed by atoms with Crippen molar-refractivity contribution in [2.24, 2.45) is 0 Å². The van der Waals surface area contributed by atoms with Gasteiger partial charge in [0.1, 0.15) is 94.2 Å². The van der Waals surface area contributed by atoms with Crippen molar-refractivity contribution < 1.29 is 95.0 Å². The lowest BCUT2D eigenvalue weighted by Crippen LogP contribution is -2.48. The van der Waals surface area contributed by atoms with Gasteiger partial charge in [0.15, 0.2) is 24.8 Å². The second-order valence-corrected chi connectivity index (χ2v) is 15.2. The first kappa shape index (κ1) is 67.9. The summed E-state index contributed by atoms with van der Waals surface area (Å²) in [6.45, 7) is 2.38. The predicted molar refractivity (Wildman–Crippen MR) is 262 cm³/mol. The Labute approximate surface area is 438 Å². The third-order valence-electron chi connectivity index (χ3n) is 9.88. The predicted octanol–water partition coefficient (Wildman–Crippen LogP) is -1.19. The smallest absolute Gasteiger partial charge is 0.328 e. The van der Waals surface area contributed by atoms with E-state index >= 15 is 0 Å². The van der Waals surface area contributed by atoms with Crippen molar-refractivity contribution in [2.45, 2.75) is 24.8 Å². The Morgan fingerprint density at radius 3 is 0.800 bits per heavy atom. The molecule has 3 saturated heterocycles. The van der Waals surface area contributed by atoms with Crippen molar-refractivity contribution in [3.63, 3.8) is 0 Å². The normalized spacial score (nSPS) is 17.8. The number of methoxy groups -OCH3 is 16. The number of fused-ring (bicyclic) bond motifs is 1. The van der Waals surface area contributed by atoms with E-state index in [2.05, 4.69) is 35.1 Å². The Kier molecular flexibility index (Phi) is 35.5. The van der Waals surface area contributed by atoms with Gasteiger partial charge in [0.05, 0.1) is 0 Å². The van der Waals surface area contributed by atoms with E-state index in [4.69, 9.17) is 66.3 Å². The van der Waals surface area contributed by atoms with Gasteiger partial charge >= 0.3 is 24.1 Å². The maximum absolute atomic E-state index is 12.6. The third-order valence-corrected chi connectivity index (χ3v) is 9.88. The Morgan fingerprint density at radius 1 is 0.373 bits per heavy atom. The first-order valence-electron chi connectivity index (χ1n) is 22.4. The number of urea groups is 4. The summed E-state index contributed by atoms with van der Waals surface area (Å²) in [6.07, 6.45) is -2.03. The number of anilines is 3. The van der Waals surface area contributed by atoms with Gasteiger partial charge in [-0.25, -0.2) is 19.2 Å². The summed E-state index contributed by atoms with van der Waals surface area (Å²) in [5.74, 6) is 1.11. The number of amides is 8. The van der Waals surface area contributed by atoms with Crippen LogP contribution in [0.15, 0.2) is 0 Å². The topological polar surface area (TPSA) is 308 Å². The summed E-state index contributed by atoms with van der Waals surface area (Å²) in [5, 5.41) is 4.83. The Hall–Kier alpha value is -5.15. The molecule has 3 fully saturated rings. The van der Waals surface area contributed by atoms with Crippen LogP contribution in [-0.2, 0) is 75.8 Å². The number of ether oxygens (including phenoxy) is 16. The molecule has 34 heteroatoms. The summed E-state index contributed by atoms with van der Waals surface area (Å²) >= 11 is 0. The summed E-state index contributed by atoms with van der Waals surface area (Å²) in [7, 11) is 24.5. The lowest BCUT2D eigenvalue weighted by molar-refractivity contribution is -0.132. The molecular weight excluding hydrogens is 1010 g/mol. The van der Waals surface area contributed by atoms with Crippen molar-refractivity contribution in [2.75, 3.05) is 223 Å². The molecule has 0 aliphatic carbocycles. The SMILES string of the molecule is COCN(COC)c1nc(N(COC)COC)nc(N(COC)COC)n1.COCN1C(=O)N(COC)C(OC)C1OC.COCN1C(=O)N(COC)C2C1N(COC)C(=O)N2COC.COCNC(=O)NCOC. The number of nitrogens with one attached hydrogen (secondary N) is 2. The Morgan fingerprint density at radius 2 is 0.600 bits per heavy atom. The average Bonchev–Trinajstić information content (AvgIpc) is 3.93. The van der Waals surface area contributed by atoms with Crippen molar-refractivity contribution in [1.82, 2.24) is 55.0 Å². The van der Waals surface area contributed by atoms with Crippen LogP contribution in [0.2, 0.25) is 0 Å². The maximum Gasteiger partial charge on any atom is 0.328 e. The molecule has 1 aromatic rings. The molecule has 4 heterocycles. The van der Waals surface area contributed by atoms with Crippen molar-refractivity contribution in [3.8, 4) is 0 Å². The number of hydrogen-bond acceptors (Lipinski definition) is 26. The standard InChI is InChI=1S/C15H30N6O6.C12H22N4O6.C9H18N2O5.C5H12N2O3/c1-22-7-19(8-23-2)13-16-14(20(9-24-3)10-25-4)18-15(17-13)21(11-26-5)12-27-6;1-19-5-13-9-10(15(7-21-3)11(13)17)16(8-22-4)12(18)14(9)6-20-2;1-13-5-10-7(15-3)8(16-4)11(6-14-2)9(10)12;1-9-3-6-5(8)7-4-10-2/h7-12H2,1-6H3;9-10H,5-8H2,1-4H3;7-8H,5-6H2,1-4H3;3-4H2,1-2H3,(H2,6,7,8). The van der Waals surface area contributed by atoms with Gasteiger partial charge in [0, 0.05) is 114 Å². The molecule has 3 aliphatic rings. The number of carbonyl (C=O) groups is 4. The van der Waals surface area contributed by atoms with E-state index in [-0.39, 0.29) is 118 Å². The van der Waals surface area contributed by atoms with Crippen LogP contribution in [0.4, 0.5) is 37.0 Å². The highest BCUT2D eigenvalue weighted by Gasteiger charge is 2.59. The number of nitrogens with zero attached hydrogens (tertiary/aromatic N) is 12. The van der Waals surface area contributed by atoms with Gasteiger partial charge < -0.3 is 86.4 Å². The molecule has 0 spiro atoms. The monoisotopic (exact) mass is 1090 g/mol. The lowest BCUT2D eigenvalue weighted by atomic mass is 10.3. The zero-order valence-corrected chi connectivity index (χ0v) is 46.2. The van der Waals surface area contributed by atoms with Gasteiger partial charge in [0.25, 0.3) is 0 Å². The molecule has 0 bridgehead atoms. The van der Waals surface area contributed by atoms with Gasteiger partial charge in [-0.3, -0.25) is 44.1 Å². The molecule has 2 unspecified atom stereocenters. The molecule has 0 aromatic carbocycles. The number of rotatable bonds is 33. The van der Waals surface area contributed by atoms with Crippen LogP contribution in [0, 0.1) is 0 Å². The molecule has 1 aromatic heterocycles. The van der Waals surface area contributed by atoms with Crippen LogP contribution in [0.5, 0.6) is 0 Å². The Bertz CT molecular complexity index is 1520. The van der Waals surface area contributed by atoms with Gasteiger partial charge in [-0.2, -0.15) is 15.0 Å². The number of aromatic nitrogens is 3. The second kappa shape index (κ2) is 39.3. The van der Waals surface area contributed by atoms with E-state index in [1.165, 1.54) is 100 Å². The van der Waals surface area contributed by atoms with Gasteiger partial charge in [-0.15, -0.1) is 0 Å². The molecule has 34 nitrogen and oxygen atoms in total. The minimum absolute atomic E-state index is 0.0640. The van der Waals surface area contributed by atoms with Gasteiger partial charge in [-0.1, -0.05) is 0 Å². The first-order valence-corrected chi connectivity index (χ1v) is 22.4. The fourth-order valence-electron chi connectivity index (χ4n) is 7.06. The van der Waals surface area contributed by atoms with Gasteiger partial charge in [0.2, 0.25) is 17.8 Å². The molecule has 4 rings (SSSR count). The van der Waals surface area contributed by atoms with Gasteiger partial charge in [-0.05, 0) is 0 Å². The highest BCUT2D eigenvalue weighted by atomic mass is 16.6.